The van der Waals surface area contributed by atoms with Gasteiger partial charge >= 0.3 is 0 Å². The van der Waals surface area contributed by atoms with Gasteiger partial charge in [-0.05, 0) is 17.7 Å². The first kappa shape index (κ1) is 11.0. The highest BCUT2D eigenvalue weighted by Crippen LogP contribution is 2.16. The molecule has 0 bridgehead atoms. The van der Waals surface area contributed by atoms with Crippen molar-refractivity contribution in [3.63, 3.8) is 0 Å². The van der Waals surface area contributed by atoms with E-state index in [4.69, 9.17) is 5.73 Å². The van der Waals surface area contributed by atoms with E-state index >= 15 is 0 Å². The second-order valence-electron chi connectivity index (χ2n) is 4.42. The largest absolute Gasteiger partial charge is 0.342 e. The zero-order chi connectivity index (χ0) is 12.4. The standard InChI is InChI=1S/C15H15N3/c16-12(11-6-2-1-3-7-11)10-15-17-13-8-4-5-9-14(13)18-15/h1-9,12H,10,16H2,(H,17,18)/t12-/m1/s1. The quantitative estimate of drug-likeness (QED) is 0.736. The molecule has 3 heteroatoms. The van der Waals surface area contributed by atoms with Crippen LogP contribution in [0.25, 0.3) is 11.0 Å². The third-order valence-electron chi connectivity index (χ3n) is 3.08. The number of aromatic amines is 1. The molecule has 3 rings (SSSR count). The molecule has 0 unspecified atom stereocenters. The first-order valence-electron chi connectivity index (χ1n) is 6.07. The highest BCUT2D eigenvalue weighted by atomic mass is 14.9. The van der Waals surface area contributed by atoms with Crippen LogP contribution in [0.4, 0.5) is 0 Å². The molecule has 3 nitrogen and oxygen atoms in total. The Labute approximate surface area is 106 Å². The van der Waals surface area contributed by atoms with Crippen LogP contribution in [-0.2, 0) is 6.42 Å². The third-order valence-corrected chi connectivity index (χ3v) is 3.08. The molecule has 0 amide bonds. The number of benzene rings is 2. The summed E-state index contributed by atoms with van der Waals surface area (Å²) in [5.74, 6) is 0.938. The number of hydrogen-bond acceptors (Lipinski definition) is 2. The fourth-order valence-electron chi connectivity index (χ4n) is 2.13. The zero-order valence-corrected chi connectivity index (χ0v) is 10.0. The second kappa shape index (κ2) is 4.63. The first-order chi connectivity index (χ1) is 8.83. The van der Waals surface area contributed by atoms with Gasteiger partial charge in [-0.15, -0.1) is 0 Å². The lowest BCUT2D eigenvalue weighted by Crippen LogP contribution is -2.13. The summed E-state index contributed by atoms with van der Waals surface area (Å²) in [6, 6.07) is 18.1. The number of imidazole rings is 1. The molecule has 1 heterocycles. The van der Waals surface area contributed by atoms with Gasteiger partial charge in [0.2, 0.25) is 0 Å². The predicted molar refractivity (Wildman–Crippen MR) is 73.2 cm³/mol. The summed E-state index contributed by atoms with van der Waals surface area (Å²) in [5, 5.41) is 0. The zero-order valence-electron chi connectivity index (χ0n) is 10.0. The number of rotatable bonds is 3. The topological polar surface area (TPSA) is 54.7 Å². The van der Waals surface area contributed by atoms with Gasteiger partial charge in [-0.25, -0.2) is 4.98 Å². The summed E-state index contributed by atoms with van der Waals surface area (Å²) in [6.45, 7) is 0. The maximum absolute atomic E-state index is 6.19. The van der Waals surface area contributed by atoms with E-state index in [9.17, 15) is 0 Å². The van der Waals surface area contributed by atoms with Crippen LogP contribution in [0.2, 0.25) is 0 Å². The van der Waals surface area contributed by atoms with Crippen molar-refractivity contribution >= 4 is 11.0 Å². The Morgan fingerprint density at radius 1 is 1.00 bits per heavy atom. The Morgan fingerprint density at radius 2 is 1.72 bits per heavy atom. The van der Waals surface area contributed by atoms with Crippen LogP contribution < -0.4 is 5.73 Å². The number of nitrogens with zero attached hydrogens (tertiary/aromatic N) is 1. The third kappa shape index (κ3) is 2.13. The van der Waals surface area contributed by atoms with Crippen molar-refractivity contribution in [2.45, 2.75) is 12.5 Å². The normalized spacial score (nSPS) is 12.7. The fraction of sp³-hybridized carbons (Fsp3) is 0.133. The molecule has 0 fully saturated rings. The molecule has 18 heavy (non-hydrogen) atoms. The van der Waals surface area contributed by atoms with Gasteiger partial charge < -0.3 is 10.7 Å². The smallest absolute Gasteiger partial charge is 0.109 e. The molecule has 0 radical (unpaired) electrons. The molecule has 3 N–H and O–H groups in total. The molecule has 0 aliphatic heterocycles. The van der Waals surface area contributed by atoms with Crippen LogP contribution in [0.3, 0.4) is 0 Å². The minimum Gasteiger partial charge on any atom is -0.342 e. The summed E-state index contributed by atoms with van der Waals surface area (Å²) in [7, 11) is 0. The monoisotopic (exact) mass is 237 g/mol. The van der Waals surface area contributed by atoms with Crippen LogP contribution in [0.5, 0.6) is 0 Å². The maximum atomic E-state index is 6.19. The number of fused-ring (bicyclic) bond motifs is 1. The van der Waals surface area contributed by atoms with Gasteiger partial charge in [0.1, 0.15) is 5.82 Å². The molecule has 2 aromatic carbocycles. The van der Waals surface area contributed by atoms with Gasteiger partial charge in [0.05, 0.1) is 11.0 Å². The SMILES string of the molecule is N[C@H](Cc1nc2ccccc2[nH]1)c1ccccc1. The van der Waals surface area contributed by atoms with Crippen LogP contribution in [0.1, 0.15) is 17.4 Å². The van der Waals surface area contributed by atoms with Crippen molar-refractivity contribution in [1.29, 1.82) is 0 Å². The average Bonchev–Trinajstić information content (AvgIpc) is 2.82. The second-order valence-corrected chi connectivity index (χ2v) is 4.42. The van der Waals surface area contributed by atoms with E-state index in [1.165, 1.54) is 0 Å². The number of H-pyrrole nitrogens is 1. The van der Waals surface area contributed by atoms with E-state index < -0.39 is 0 Å². The lowest BCUT2D eigenvalue weighted by atomic mass is 10.0. The summed E-state index contributed by atoms with van der Waals surface area (Å²) in [5.41, 5.74) is 9.38. The van der Waals surface area contributed by atoms with Crippen molar-refractivity contribution in [2.75, 3.05) is 0 Å². The maximum Gasteiger partial charge on any atom is 0.109 e. The van der Waals surface area contributed by atoms with Gasteiger partial charge in [-0.2, -0.15) is 0 Å². The summed E-state index contributed by atoms with van der Waals surface area (Å²) in [4.78, 5) is 7.85. The lowest BCUT2D eigenvalue weighted by molar-refractivity contribution is 0.696. The Morgan fingerprint density at radius 3 is 2.50 bits per heavy atom. The number of para-hydroxylation sites is 2. The first-order valence-corrected chi connectivity index (χ1v) is 6.07. The molecule has 1 aromatic heterocycles. The van der Waals surface area contributed by atoms with Crippen molar-refractivity contribution in [2.24, 2.45) is 5.73 Å². The minimum absolute atomic E-state index is 0.0215. The van der Waals surface area contributed by atoms with Gasteiger partial charge in [-0.3, -0.25) is 0 Å². The van der Waals surface area contributed by atoms with Gasteiger partial charge in [-0.1, -0.05) is 42.5 Å². The number of nitrogens with two attached hydrogens (primary N) is 1. The molecule has 1 atom stereocenters. The van der Waals surface area contributed by atoms with Crippen molar-refractivity contribution in [1.82, 2.24) is 9.97 Å². The van der Waals surface area contributed by atoms with E-state index in [1.54, 1.807) is 0 Å². The Bertz CT molecular complexity index is 610. The van der Waals surface area contributed by atoms with Gasteiger partial charge in [0.15, 0.2) is 0 Å². The molecular weight excluding hydrogens is 222 g/mol. The Balaban J connectivity index is 1.84. The van der Waals surface area contributed by atoms with E-state index in [2.05, 4.69) is 9.97 Å². The highest BCUT2D eigenvalue weighted by molar-refractivity contribution is 5.74. The summed E-state index contributed by atoms with van der Waals surface area (Å²) in [6.07, 6.45) is 0.721. The molecular formula is C15H15N3. The Hall–Kier alpha value is -2.13. The molecule has 0 saturated heterocycles. The molecule has 3 aromatic rings. The summed E-state index contributed by atoms with van der Waals surface area (Å²) >= 11 is 0. The van der Waals surface area contributed by atoms with Crippen molar-refractivity contribution < 1.29 is 0 Å². The number of nitrogens with one attached hydrogen (secondary N) is 1. The molecule has 90 valence electrons. The van der Waals surface area contributed by atoms with Crippen LogP contribution in [-0.4, -0.2) is 9.97 Å². The molecule has 0 saturated carbocycles. The van der Waals surface area contributed by atoms with Crippen LogP contribution >= 0.6 is 0 Å². The number of hydrogen-bond donors (Lipinski definition) is 2. The van der Waals surface area contributed by atoms with E-state index in [0.29, 0.717) is 0 Å². The Kier molecular flexibility index (Phi) is 2.82. The van der Waals surface area contributed by atoms with Crippen LogP contribution in [0.15, 0.2) is 54.6 Å². The fourth-order valence-corrected chi connectivity index (χ4v) is 2.13. The van der Waals surface area contributed by atoms with Crippen molar-refractivity contribution in [3.8, 4) is 0 Å². The highest BCUT2D eigenvalue weighted by Gasteiger charge is 2.09. The average molecular weight is 237 g/mol. The molecule has 0 aliphatic rings. The molecule has 0 aliphatic carbocycles. The van der Waals surface area contributed by atoms with E-state index in [1.807, 2.05) is 54.6 Å². The summed E-state index contributed by atoms with van der Waals surface area (Å²) < 4.78 is 0. The lowest BCUT2D eigenvalue weighted by Gasteiger charge is -2.09. The van der Waals surface area contributed by atoms with Gasteiger partial charge in [0, 0.05) is 12.5 Å². The van der Waals surface area contributed by atoms with Crippen LogP contribution in [0, 0.1) is 0 Å². The van der Waals surface area contributed by atoms with E-state index in [-0.39, 0.29) is 6.04 Å². The predicted octanol–water partition coefficient (Wildman–Crippen LogP) is 2.81. The minimum atomic E-state index is -0.0215. The van der Waals surface area contributed by atoms with E-state index in [0.717, 1.165) is 28.8 Å². The van der Waals surface area contributed by atoms with Gasteiger partial charge in [0.25, 0.3) is 0 Å². The van der Waals surface area contributed by atoms with Crippen molar-refractivity contribution in [3.05, 3.63) is 66.0 Å². The number of aromatic nitrogens is 2. The molecule has 0 spiro atoms.